The minimum atomic E-state index is -1.33. The normalized spacial score (nSPS) is 10.8. The molecule has 0 spiro atoms. The number of carboxylic acids is 1. The first-order valence-electron chi connectivity index (χ1n) is 9.65. The van der Waals surface area contributed by atoms with E-state index < -0.39 is 11.5 Å². The quantitative estimate of drug-likeness (QED) is 0.653. The van der Waals surface area contributed by atoms with Gasteiger partial charge in [0.2, 0.25) is 0 Å². The highest BCUT2D eigenvalue weighted by atomic mass is 16.5. The molecule has 0 fully saturated rings. The molecule has 0 aliphatic carbocycles. The number of benzene rings is 2. The van der Waals surface area contributed by atoms with Crippen LogP contribution in [0.5, 0.6) is 5.75 Å². The molecule has 0 unspecified atom stereocenters. The molecule has 0 saturated carbocycles. The molecular formula is C24H21N3O4. The maximum atomic E-state index is 13.0. The molecule has 0 aliphatic rings. The molecule has 31 heavy (non-hydrogen) atoms. The van der Waals surface area contributed by atoms with Gasteiger partial charge in [0.05, 0.1) is 12.3 Å². The average Bonchev–Trinajstić information content (AvgIpc) is 2.75. The summed E-state index contributed by atoms with van der Waals surface area (Å²) in [5.74, 6) is -0.623. The zero-order valence-corrected chi connectivity index (χ0v) is 17.4. The van der Waals surface area contributed by atoms with E-state index in [0.29, 0.717) is 18.0 Å². The first-order valence-corrected chi connectivity index (χ1v) is 9.65. The van der Waals surface area contributed by atoms with Gasteiger partial charge in [-0.05, 0) is 61.7 Å². The van der Waals surface area contributed by atoms with Gasteiger partial charge in [-0.1, -0.05) is 30.4 Å². The summed E-state index contributed by atoms with van der Waals surface area (Å²) in [4.78, 5) is 24.9. The average molecular weight is 415 g/mol. The Morgan fingerprint density at radius 2 is 1.87 bits per heavy atom. The van der Waals surface area contributed by atoms with Crippen molar-refractivity contribution in [2.24, 2.45) is 0 Å². The molecule has 3 aromatic rings. The van der Waals surface area contributed by atoms with Crippen LogP contribution in [0.3, 0.4) is 0 Å². The lowest BCUT2D eigenvalue weighted by molar-refractivity contribution is 0.0688. The molecule has 156 valence electrons. The van der Waals surface area contributed by atoms with E-state index in [2.05, 4.69) is 5.10 Å². The Kier molecular flexibility index (Phi) is 6.32. The Morgan fingerprint density at radius 1 is 1.16 bits per heavy atom. The fourth-order valence-corrected chi connectivity index (χ4v) is 3.02. The number of aromatic nitrogens is 2. The van der Waals surface area contributed by atoms with Crippen molar-refractivity contribution in [2.75, 3.05) is 6.61 Å². The van der Waals surface area contributed by atoms with Gasteiger partial charge in [-0.2, -0.15) is 15.0 Å². The molecule has 0 amide bonds. The molecule has 0 radical (unpaired) electrons. The van der Waals surface area contributed by atoms with E-state index in [-0.39, 0.29) is 16.8 Å². The molecule has 0 bridgehead atoms. The van der Waals surface area contributed by atoms with E-state index in [1.807, 2.05) is 32.9 Å². The largest absolute Gasteiger partial charge is 0.494 e. The third-order valence-electron chi connectivity index (χ3n) is 4.81. The van der Waals surface area contributed by atoms with Crippen molar-refractivity contribution in [1.82, 2.24) is 9.78 Å². The number of aryl methyl sites for hydroxylation is 2. The molecule has 1 N–H and O–H groups in total. The third kappa shape index (κ3) is 4.54. The number of carboxylic acid groups (broad SMARTS) is 1. The lowest BCUT2D eigenvalue weighted by Gasteiger charge is -2.11. The van der Waals surface area contributed by atoms with Gasteiger partial charge in [-0.3, -0.25) is 4.79 Å². The molecule has 1 aromatic heterocycles. The van der Waals surface area contributed by atoms with Crippen molar-refractivity contribution >= 4 is 18.1 Å². The molecule has 7 nitrogen and oxygen atoms in total. The van der Waals surface area contributed by atoms with Gasteiger partial charge < -0.3 is 9.84 Å². The SMILES string of the molecule is CCOc1ccc(/C=C\c2c(C(=O)O)nn(-c3ccc(C)c(C)c3)c(=O)c2C#N)cc1. The smallest absolute Gasteiger partial charge is 0.357 e. The van der Waals surface area contributed by atoms with E-state index in [1.165, 1.54) is 6.08 Å². The van der Waals surface area contributed by atoms with Crippen LogP contribution >= 0.6 is 0 Å². The number of aromatic carboxylic acids is 1. The predicted molar refractivity (Wildman–Crippen MR) is 118 cm³/mol. The Bertz CT molecular complexity index is 1270. The topological polar surface area (TPSA) is 105 Å². The second-order valence-corrected chi connectivity index (χ2v) is 6.88. The molecule has 0 saturated heterocycles. The zero-order valence-electron chi connectivity index (χ0n) is 17.4. The van der Waals surface area contributed by atoms with Crippen LogP contribution in [0, 0.1) is 25.2 Å². The summed E-state index contributed by atoms with van der Waals surface area (Å²) in [5, 5.41) is 23.4. The first-order chi connectivity index (χ1) is 14.8. The van der Waals surface area contributed by atoms with Crippen molar-refractivity contribution in [2.45, 2.75) is 20.8 Å². The number of ether oxygens (including phenoxy) is 1. The van der Waals surface area contributed by atoms with Crippen molar-refractivity contribution in [3.05, 3.63) is 86.3 Å². The van der Waals surface area contributed by atoms with Gasteiger partial charge in [0.15, 0.2) is 5.69 Å². The number of hydrogen-bond acceptors (Lipinski definition) is 5. The van der Waals surface area contributed by atoms with Crippen molar-refractivity contribution in [3.8, 4) is 17.5 Å². The van der Waals surface area contributed by atoms with Gasteiger partial charge in [0.25, 0.3) is 5.56 Å². The molecule has 3 rings (SSSR count). The van der Waals surface area contributed by atoms with E-state index in [9.17, 15) is 20.0 Å². The van der Waals surface area contributed by atoms with Crippen LogP contribution in [0.15, 0.2) is 47.3 Å². The van der Waals surface area contributed by atoms with E-state index >= 15 is 0 Å². The molecule has 7 heteroatoms. The van der Waals surface area contributed by atoms with Gasteiger partial charge in [0, 0.05) is 5.56 Å². The summed E-state index contributed by atoms with van der Waals surface area (Å²) in [6.45, 7) is 6.23. The summed E-state index contributed by atoms with van der Waals surface area (Å²) in [6, 6.07) is 14.2. The molecule has 2 aromatic carbocycles. The zero-order chi connectivity index (χ0) is 22.5. The van der Waals surface area contributed by atoms with Gasteiger partial charge in [-0.25, -0.2) is 4.79 Å². The number of carbonyl (C=O) groups is 1. The first kappa shape index (κ1) is 21.5. The Hall–Kier alpha value is -4.18. The highest BCUT2D eigenvalue weighted by Gasteiger charge is 2.21. The highest BCUT2D eigenvalue weighted by Crippen LogP contribution is 2.19. The number of hydrogen-bond donors (Lipinski definition) is 1. The predicted octanol–water partition coefficient (Wildman–Crippen LogP) is 3.99. The summed E-state index contributed by atoms with van der Waals surface area (Å²) in [7, 11) is 0. The van der Waals surface area contributed by atoms with Gasteiger partial charge in [0.1, 0.15) is 17.4 Å². The van der Waals surface area contributed by atoms with Crippen LogP contribution < -0.4 is 10.3 Å². The van der Waals surface area contributed by atoms with Crippen LogP contribution in [0.1, 0.15) is 45.2 Å². The molecule has 0 aliphatic heterocycles. The van der Waals surface area contributed by atoms with Crippen LogP contribution in [0.4, 0.5) is 0 Å². The Morgan fingerprint density at radius 3 is 2.45 bits per heavy atom. The summed E-state index contributed by atoms with van der Waals surface area (Å²) >= 11 is 0. The monoisotopic (exact) mass is 415 g/mol. The third-order valence-corrected chi connectivity index (χ3v) is 4.81. The lowest BCUT2D eigenvalue weighted by Crippen LogP contribution is -2.28. The second kappa shape index (κ2) is 9.09. The fraction of sp³-hybridized carbons (Fsp3) is 0.167. The summed E-state index contributed by atoms with van der Waals surface area (Å²) in [6.07, 6.45) is 3.05. The minimum Gasteiger partial charge on any atom is -0.494 e. The second-order valence-electron chi connectivity index (χ2n) is 6.88. The van der Waals surface area contributed by atoms with Crippen molar-refractivity contribution < 1.29 is 14.6 Å². The summed E-state index contributed by atoms with van der Waals surface area (Å²) < 4.78 is 6.36. The van der Waals surface area contributed by atoms with Crippen LogP contribution in [-0.4, -0.2) is 27.5 Å². The molecule has 1 heterocycles. The Balaban J connectivity index is 2.13. The maximum Gasteiger partial charge on any atom is 0.357 e. The summed E-state index contributed by atoms with van der Waals surface area (Å²) in [5.41, 5.74) is 1.71. The van der Waals surface area contributed by atoms with Gasteiger partial charge >= 0.3 is 5.97 Å². The van der Waals surface area contributed by atoms with Crippen LogP contribution in [-0.2, 0) is 0 Å². The van der Waals surface area contributed by atoms with Crippen molar-refractivity contribution in [3.63, 3.8) is 0 Å². The fourth-order valence-electron chi connectivity index (χ4n) is 3.02. The number of nitriles is 1. The highest BCUT2D eigenvalue weighted by molar-refractivity contribution is 5.92. The van der Waals surface area contributed by atoms with Crippen molar-refractivity contribution in [1.29, 1.82) is 5.26 Å². The Labute approximate surface area is 179 Å². The van der Waals surface area contributed by atoms with Gasteiger partial charge in [-0.15, -0.1) is 0 Å². The number of nitrogens with zero attached hydrogens (tertiary/aromatic N) is 3. The van der Waals surface area contributed by atoms with Crippen LogP contribution in [0.2, 0.25) is 0 Å². The molecule has 0 atom stereocenters. The maximum absolute atomic E-state index is 13.0. The number of rotatable bonds is 6. The molecular weight excluding hydrogens is 394 g/mol. The lowest BCUT2D eigenvalue weighted by atomic mass is 10.1. The van der Waals surface area contributed by atoms with E-state index in [1.54, 1.807) is 42.5 Å². The van der Waals surface area contributed by atoms with E-state index in [4.69, 9.17) is 4.74 Å². The van der Waals surface area contributed by atoms with Crippen LogP contribution in [0.25, 0.3) is 17.8 Å². The standard InChI is InChI=1S/C24H21N3O4/c1-4-31-19-10-6-17(7-11-19)8-12-20-21(14-25)23(28)27(26-22(20)24(29)30)18-9-5-15(2)16(3)13-18/h5-13H,4H2,1-3H3,(H,29,30)/b12-8-. The minimum absolute atomic E-state index is 0.0334. The van der Waals surface area contributed by atoms with E-state index in [0.717, 1.165) is 21.4 Å².